The third-order valence-corrected chi connectivity index (χ3v) is 3.66. The molecule has 5 heteroatoms. The molecule has 4 nitrogen and oxygen atoms in total. The molecule has 0 saturated heterocycles. The van der Waals surface area contributed by atoms with Crippen LogP contribution in [0.4, 0.5) is 11.4 Å². The summed E-state index contributed by atoms with van der Waals surface area (Å²) in [5, 5.41) is 6.65. The molecule has 0 aliphatic carbocycles. The molecular weight excluding hydrogens is 312 g/mol. The van der Waals surface area contributed by atoms with E-state index in [4.69, 9.17) is 11.6 Å². The molecule has 120 valence electrons. The minimum Gasteiger partial charge on any atom is -0.384 e. The van der Waals surface area contributed by atoms with Gasteiger partial charge < -0.3 is 10.6 Å². The Labute approximate surface area is 140 Å². The summed E-state index contributed by atoms with van der Waals surface area (Å²) >= 11 is 5.96. The number of ketones is 1. The second-order valence-electron chi connectivity index (χ2n) is 5.32. The maximum Gasteiger partial charge on any atom is 0.226 e. The van der Waals surface area contributed by atoms with Gasteiger partial charge in [0.15, 0.2) is 5.78 Å². The van der Waals surface area contributed by atoms with Crippen molar-refractivity contribution in [2.75, 3.05) is 17.2 Å². The molecule has 0 spiro atoms. The highest BCUT2D eigenvalue weighted by molar-refractivity contribution is 6.30. The molecule has 2 aromatic rings. The summed E-state index contributed by atoms with van der Waals surface area (Å²) in [7, 11) is 0. The fourth-order valence-corrected chi connectivity index (χ4v) is 2.31. The van der Waals surface area contributed by atoms with Gasteiger partial charge in [-0.1, -0.05) is 29.8 Å². The van der Waals surface area contributed by atoms with Gasteiger partial charge in [0.25, 0.3) is 0 Å². The summed E-state index contributed by atoms with van der Waals surface area (Å²) < 4.78 is 0. The van der Waals surface area contributed by atoms with Gasteiger partial charge in [-0.05, 0) is 43.7 Å². The van der Waals surface area contributed by atoms with Gasteiger partial charge in [-0.2, -0.15) is 0 Å². The lowest BCUT2D eigenvalue weighted by atomic mass is 10.1. The quantitative estimate of drug-likeness (QED) is 0.777. The molecular formula is C18H19ClN2O2. The van der Waals surface area contributed by atoms with E-state index >= 15 is 0 Å². The Morgan fingerprint density at radius 2 is 1.91 bits per heavy atom. The number of nitrogens with one attached hydrogen (secondary N) is 2. The van der Waals surface area contributed by atoms with E-state index in [0.717, 1.165) is 11.3 Å². The van der Waals surface area contributed by atoms with Crippen molar-refractivity contribution in [3.05, 3.63) is 58.6 Å². The van der Waals surface area contributed by atoms with Crippen LogP contribution in [-0.2, 0) is 4.79 Å². The fourth-order valence-electron chi connectivity index (χ4n) is 2.13. The van der Waals surface area contributed by atoms with E-state index < -0.39 is 0 Å². The molecule has 2 N–H and O–H groups in total. The smallest absolute Gasteiger partial charge is 0.226 e. The first-order valence-electron chi connectivity index (χ1n) is 7.36. The molecule has 0 saturated carbocycles. The number of carbonyl (C=O) groups excluding carboxylic acids is 2. The number of benzene rings is 2. The van der Waals surface area contributed by atoms with Gasteiger partial charge in [0.1, 0.15) is 0 Å². The molecule has 0 bridgehead atoms. The van der Waals surface area contributed by atoms with Crippen molar-refractivity contribution < 1.29 is 9.59 Å². The lowest BCUT2D eigenvalue weighted by Gasteiger charge is -2.10. The monoisotopic (exact) mass is 330 g/mol. The molecule has 23 heavy (non-hydrogen) atoms. The topological polar surface area (TPSA) is 58.2 Å². The van der Waals surface area contributed by atoms with Gasteiger partial charge >= 0.3 is 0 Å². The Hall–Kier alpha value is -2.33. The maximum atomic E-state index is 12.0. The molecule has 0 fully saturated rings. The van der Waals surface area contributed by atoms with E-state index in [1.165, 1.54) is 6.92 Å². The normalized spacial score (nSPS) is 10.2. The average Bonchev–Trinajstić information content (AvgIpc) is 2.51. The summed E-state index contributed by atoms with van der Waals surface area (Å²) in [5.74, 6) is -0.142. The van der Waals surface area contributed by atoms with Gasteiger partial charge in [0.2, 0.25) is 5.91 Å². The van der Waals surface area contributed by atoms with E-state index in [2.05, 4.69) is 10.6 Å². The van der Waals surface area contributed by atoms with Crippen LogP contribution < -0.4 is 10.6 Å². The molecule has 1 amide bonds. The molecule has 0 heterocycles. The zero-order chi connectivity index (χ0) is 16.8. The lowest BCUT2D eigenvalue weighted by Crippen LogP contribution is -2.16. The zero-order valence-electron chi connectivity index (χ0n) is 13.2. The first kappa shape index (κ1) is 17.0. The van der Waals surface area contributed by atoms with Crippen LogP contribution in [0.25, 0.3) is 0 Å². The second kappa shape index (κ2) is 7.79. The number of hydrogen-bond acceptors (Lipinski definition) is 3. The van der Waals surface area contributed by atoms with Crippen LogP contribution in [0, 0.1) is 6.92 Å². The van der Waals surface area contributed by atoms with Crippen molar-refractivity contribution >= 4 is 34.7 Å². The average molecular weight is 331 g/mol. The SMILES string of the molecule is CC(=O)c1cccc(NC(=O)CCNc2cc(Cl)ccc2C)c1. The number of aryl methyl sites for hydroxylation is 1. The molecule has 0 radical (unpaired) electrons. The van der Waals surface area contributed by atoms with Crippen molar-refractivity contribution in [2.24, 2.45) is 0 Å². The number of rotatable bonds is 6. The summed E-state index contributed by atoms with van der Waals surface area (Å²) in [5.41, 5.74) is 3.20. The van der Waals surface area contributed by atoms with E-state index in [-0.39, 0.29) is 11.7 Å². The summed E-state index contributed by atoms with van der Waals surface area (Å²) in [6.07, 6.45) is 0.316. The predicted octanol–water partition coefficient (Wildman–Crippen LogP) is 4.29. The Morgan fingerprint density at radius 3 is 2.65 bits per heavy atom. The largest absolute Gasteiger partial charge is 0.384 e. The Kier molecular flexibility index (Phi) is 5.77. The molecule has 0 aromatic heterocycles. The minimum absolute atomic E-state index is 0.0285. The van der Waals surface area contributed by atoms with Crippen LogP contribution >= 0.6 is 11.6 Å². The summed E-state index contributed by atoms with van der Waals surface area (Å²) in [6, 6.07) is 12.5. The van der Waals surface area contributed by atoms with Gasteiger partial charge in [0.05, 0.1) is 0 Å². The van der Waals surface area contributed by atoms with E-state index in [0.29, 0.717) is 29.2 Å². The summed E-state index contributed by atoms with van der Waals surface area (Å²) in [6.45, 7) is 3.98. The van der Waals surface area contributed by atoms with Crippen LogP contribution in [0.1, 0.15) is 29.3 Å². The number of amides is 1. The molecule has 0 atom stereocenters. The maximum absolute atomic E-state index is 12.0. The first-order chi connectivity index (χ1) is 11.0. The van der Waals surface area contributed by atoms with Crippen molar-refractivity contribution in [2.45, 2.75) is 20.3 Å². The highest BCUT2D eigenvalue weighted by Crippen LogP contribution is 2.20. The molecule has 0 aliphatic heterocycles. The number of halogens is 1. The van der Waals surface area contributed by atoms with E-state index in [1.807, 2.05) is 25.1 Å². The van der Waals surface area contributed by atoms with E-state index in [1.54, 1.807) is 24.3 Å². The van der Waals surface area contributed by atoms with Gasteiger partial charge in [-0.15, -0.1) is 0 Å². The zero-order valence-corrected chi connectivity index (χ0v) is 13.9. The first-order valence-corrected chi connectivity index (χ1v) is 7.74. The highest BCUT2D eigenvalue weighted by atomic mass is 35.5. The van der Waals surface area contributed by atoms with Gasteiger partial charge in [-0.3, -0.25) is 9.59 Å². The van der Waals surface area contributed by atoms with Crippen LogP contribution in [0.15, 0.2) is 42.5 Å². The Balaban J connectivity index is 1.87. The number of hydrogen-bond donors (Lipinski definition) is 2. The van der Waals surface area contributed by atoms with Crippen molar-refractivity contribution in [3.8, 4) is 0 Å². The Morgan fingerprint density at radius 1 is 1.13 bits per heavy atom. The van der Waals surface area contributed by atoms with Crippen LogP contribution in [0.2, 0.25) is 5.02 Å². The number of anilines is 2. The molecule has 2 rings (SSSR count). The molecule has 2 aromatic carbocycles. The van der Waals surface area contributed by atoms with Crippen molar-refractivity contribution in [1.29, 1.82) is 0 Å². The van der Waals surface area contributed by atoms with Crippen LogP contribution in [0.5, 0.6) is 0 Å². The third kappa shape index (κ3) is 5.11. The van der Waals surface area contributed by atoms with Gasteiger partial charge in [-0.25, -0.2) is 0 Å². The van der Waals surface area contributed by atoms with Crippen molar-refractivity contribution in [1.82, 2.24) is 0 Å². The van der Waals surface area contributed by atoms with Crippen LogP contribution in [0.3, 0.4) is 0 Å². The fraction of sp³-hybridized carbons (Fsp3) is 0.222. The van der Waals surface area contributed by atoms with Crippen molar-refractivity contribution in [3.63, 3.8) is 0 Å². The standard InChI is InChI=1S/C18H19ClN2O2/c1-12-6-7-15(19)11-17(12)20-9-8-18(23)21-16-5-3-4-14(10-16)13(2)22/h3-7,10-11,20H,8-9H2,1-2H3,(H,21,23). The summed E-state index contributed by atoms with van der Waals surface area (Å²) in [4.78, 5) is 23.3. The Bertz CT molecular complexity index is 729. The minimum atomic E-state index is -0.113. The molecule has 0 aliphatic rings. The molecule has 0 unspecified atom stereocenters. The number of carbonyl (C=O) groups is 2. The van der Waals surface area contributed by atoms with E-state index in [9.17, 15) is 9.59 Å². The van der Waals surface area contributed by atoms with Crippen LogP contribution in [-0.4, -0.2) is 18.2 Å². The third-order valence-electron chi connectivity index (χ3n) is 3.42. The number of Topliss-reactive ketones (excluding diaryl/α,β-unsaturated/α-hetero) is 1. The highest BCUT2D eigenvalue weighted by Gasteiger charge is 2.05. The second-order valence-corrected chi connectivity index (χ2v) is 5.76. The predicted molar refractivity (Wildman–Crippen MR) is 94.4 cm³/mol. The van der Waals surface area contributed by atoms with Gasteiger partial charge in [0, 0.05) is 34.9 Å². The lowest BCUT2D eigenvalue weighted by molar-refractivity contribution is -0.115.